The maximum Gasteiger partial charge on any atom is 0.324 e. The normalized spacial score (nSPS) is 16.4. The van der Waals surface area contributed by atoms with E-state index in [-0.39, 0.29) is 17.6 Å². The van der Waals surface area contributed by atoms with Crippen LogP contribution in [0.15, 0.2) is 48.7 Å². The molecule has 1 aliphatic heterocycles. The minimum Gasteiger partial charge on any atom is -0.497 e. The van der Waals surface area contributed by atoms with Crippen molar-refractivity contribution < 1.29 is 23.0 Å². The summed E-state index contributed by atoms with van der Waals surface area (Å²) >= 11 is 0. The summed E-state index contributed by atoms with van der Waals surface area (Å²) in [7, 11) is 2.97. The van der Waals surface area contributed by atoms with Gasteiger partial charge in [0.15, 0.2) is 0 Å². The molecule has 0 saturated carbocycles. The van der Waals surface area contributed by atoms with Gasteiger partial charge >= 0.3 is 5.97 Å². The molecule has 0 aliphatic carbocycles. The van der Waals surface area contributed by atoms with Gasteiger partial charge in [-0.15, -0.1) is 0 Å². The maximum atomic E-state index is 14.7. The number of hydrogen-bond acceptors (Lipinski definition) is 6. The molecule has 1 saturated heterocycles. The summed E-state index contributed by atoms with van der Waals surface area (Å²) in [4.78, 5) is 20.9. The summed E-state index contributed by atoms with van der Waals surface area (Å²) in [5, 5.41) is 0.739. The zero-order valence-electron chi connectivity index (χ0n) is 20.5. The molecule has 2 aromatic carbocycles. The van der Waals surface area contributed by atoms with Crippen LogP contribution in [-0.4, -0.2) is 73.7 Å². The minimum absolute atomic E-state index is 0.294. The van der Waals surface area contributed by atoms with E-state index in [0.717, 1.165) is 23.0 Å². The van der Waals surface area contributed by atoms with Crippen molar-refractivity contribution in [3.05, 3.63) is 71.4 Å². The highest BCUT2D eigenvalue weighted by Crippen LogP contribution is 2.26. The highest BCUT2D eigenvalue weighted by Gasteiger charge is 2.32. The summed E-state index contributed by atoms with van der Waals surface area (Å²) in [5.41, 5.74) is 2.06. The van der Waals surface area contributed by atoms with Gasteiger partial charge in [-0.25, -0.2) is 8.78 Å². The van der Waals surface area contributed by atoms with Crippen LogP contribution in [0.3, 0.4) is 0 Å². The third-order valence-corrected chi connectivity index (χ3v) is 6.43. The average molecular weight is 494 g/mol. The Kier molecular flexibility index (Phi) is 8.47. The number of methoxy groups -OCH3 is 2. The van der Waals surface area contributed by atoms with Crippen LogP contribution in [0.4, 0.5) is 8.78 Å². The number of carbonyl (C=O) groups is 1. The lowest BCUT2D eigenvalue weighted by molar-refractivity contribution is -0.149. The molecule has 36 heavy (non-hydrogen) atoms. The number of esters is 1. The number of piperazine rings is 1. The van der Waals surface area contributed by atoms with Crippen LogP contribution in [0.5, 0.6) is 5.75 Å². The van der Waals surface area contributed by atoms with Crippen molar-refractivity contribution in [2.45, 2.75) is 18.9 Å². The first-order chi connectivity index (χ1) is 17.5. The van der Waals surface area contributed by atoms with E-state index in [1.165, 1.54) is 25.4 Å². The Morgan fingerprint density at radius 2 is 1.94 bits per heavy atom. The van der Waals surface area contributed by atoms with Gasteiger partial charge in [0, 0.05) is 30.6 Å². The summed E-state index contributed by atoms with van der Waals surface area (Å²) in [5.74, 6) is 5.86. The second-order valence-electron chi connectivity index (χ2n) is 8.69. The molecule has 0 bridgehead atoms. The molecule has 3 aromatic rings. The molecular weight excluding hydrogens is 464 g/mol. The number of aryl methyl sites for hydroxylation is 1. The van der Waals surface area contributed by atoms with E-state index in [9.17, 15) is 13.6 Å². The molecule has 8 heteroatoms. The molecule has 0 spiro atoms. The van der Waals surface area contributed by atoms with E-state index in [1.807, 2.05) is 18.2 Å². The lowest BCUT2D eigenvalue weighted by Crippen LogP contribution is -2.56. The number of benzene rings is 2. The first kappa shape index (κ1) is 25.5. The first-order valence-corrected chi connectivity index (χ1v) is 11.9. The minimum atomic E-state index is -0.421. The zero-order valence-corrected chi connectivity index (χ0v) is 20.5. The number of fused-ring (bicyclic) bond motifs is 1. The third-order valence-electron chi connectivity index (χ3n) is 6.43. The molecule has 1 aromatic heterocycles. The Bertz CT molecular complexity index is 1270. The summed E-state index contributed by atoms with van der Waals surface area (Å²) in [6.07, 6.45) is 2.44. The summed E-state index contributed by atoms with van der Waals surface area (Å²) in [6.45, 7) is 3.03. The van der Waals surface area contributed by atoms with Gasteiger partial charge in [0.05, 0.1) is 32.5 Å². The Hall–Kier alpha value is -3.54. The van der Waals surface area contributed by atoms with Gasteiger partial charge in [0.2, 0.25) is 0 Å². The number of hydrogen-bond donors (Lipinski definition) is 0. The molecule has 0 amide bonds. The second kappa shape index (κ2) is 11.9. The molecular formula is C28H29F2N3O3. The first-order valence-electron chi connectivity index (χ1n) is 11.9. The molecule has 0 unspecified atom stereocenters. The van der Waals surface area contributed by atoms with Crippen molar-refractivity contribution in [1.82, 2.24) is 14.8 Å². The Balaban J connectivity index is 1.38. The van der Waals surface area contributed by atoms with Crippen LogP contribution in [0, 0.1) is 23.5 Å². The molecule has 1 atom stereocenters. The Labute approximate surface area is 209 Å². The molecule has 1 aliphatic rings. The summed E-state index contributed by atoms with van der Waals surface area (Å²) in [6, 6.07) is 11.1. The fourth-order valence-corrected chi connectivity index (χ4v) is 4.48. The Morgan fingerprint density at radius 1 is 1.14 bits per heavy atom. The predicted octanol–water partition coefficient (Wildman–Crippen LogP) is 3.67. The standard InChI is InChI=1S/C28H29F2N3O3/c1-35-22-11-12-26-24(17-22)23(25(30)18-31-26)6-4-14-33-16-15-32(19-27(33)28(34)36-2)13-3-5-20-7-9-21(29)10-8-20/h7-12,17-18,27H,4,6,13-16,19H2,1-2H3/t27-/m1/s1. The third kappa shape index (κ3) is 6.17. The fraction of sp³-hybridized carbons (Fsp3) is 0.357. The van der Waals surface area contributed by atoms with Gasteiger partial charge in [0.1, 0.15) is 23.4 Å². The largest absolute Gasteiger partial charge is 0.497 e. The van der Waals surface area contributed by atoms with Crippen molar-refractivity contribution in [3.8, 4) is 17.6 Å². The van der Waals surface area contributed by atoms with Crippen LogP contribution in [0.2, 0.25) is 0 Å². The van der Waals surface area contributed by atoms with E-state index in [4.69, 9.17) is 9.47 Å². The van der Waals surface area contributed by atoms with Gasteiger partial charge in [-0.05, 0) is 67.4 Å². The van der Waals surface area contributed by atoms with E-state index in [2.05, 4.69) is 26.6 Å². The molecule has 0 N–H and O–H groups in total. The average Bonchev–Trinajstić information content (AvgIpc) is 2.90. The lowest BCUT2D eigenvalue weighted by atomic mass is 10.0. The Morgan fingerprint density at radius 3 is 2.69 bits per heavy atom. The van der Waals surface area contributed by atoms with Crippen LogP contribution >= 0.6 is 0 Å². The van der Waals surface area contributed by atoms with Crippen molar-refractivity contribution in [2.24, 2.45) is 0 Å². The van der Waals surface area contributed by atoms with Crippen LogP contribution in [0.25, 0.3) is 10.9 Å². The molecule has 188 valence electrons. The SMILES string of the molecule is COC(=O)[C@H]1CN(CC#Cc2ccc(F)cc2)CCN1CCCc1c(F)cnc2ccc(OC)cc12. The van der Waals surface area contributed by atoms with Crippen LogP contribution < -0.4 is 4.74 Å². The van der Waals surface area contributed by atoms with Gasteiger partial charge in [-0.2, -0.15) is 0 Å². The van der Waals surface area contributed by atoms with Crippen molar-refractivity contribution in [3.63, 3.8) is 0 Å². The van der Waals surface area contributed by atoms with Gasteiger partial charge in [-0.1, -0.05) is 11.8 Å². The number of carbonyl (C=O) groups excluding carboxylic acids is 1. The number of rotatable bonds is 7. The molecule has 6 nitrogen and oxygen atoms in total. The van der Waals surface area contributed by atoms with Crippen molar-refractivity contribution in [2.75, 3.05) is 46.9 Å². The topological polar surface area (TPSA) is 54.9 Å². The van der Waals surface area contributed by atoms with Gasteiger partial charge in [-0.3, -0.25) is 19.6 Å². The monoisotopic (exact) mass is 493 g/mol. The second-order valence-corrected chi connectivity index (χ2v) is 8.69. The quantitative estimate of drug-likeness (QED) is 0.370. The lowest BCUT2D eigenvalue weighted by Gasteiger charge is -2.39. The van der Waals surface area contributed by atoms with Crippen LogP contribution in [0.1, 0.15) is 17.5 Å². The number of ether oxygens (including phenoxy) is 2. The predicted molar refractivity (Wildman–Crippen MR) is 134 cm³/mol. The molecule has 4 rings (SSSR count). The molecule has 2 heterocycles. The van der Waals surface area contributed by atoms with E-state index in [0.29, 0.717) is 50.3 Å². The van der Waals surface area contributed by atoms with E-state index in [1.54, 1.807) is 19.2 Å². The highest BCUT2D eigenvalue weighted by molar-refractivity contribution is 5.83. The number of pyridine rings is 1. The fourth-order valence-electron chi connectivity index (χ4n) is 4.48. The number of nitrogens with zero attached hydrogens (tertiary/aromatic N) is 3. The molecule has 0 radical (unpaired) electrons. The van der Waals surface area contributed by atoms with Crippen LogP contribution in [-0.2, 0) is 16.0 Å². The smallest absolute Gasteiger partial charge is 0.324 e. The zero-order chi connectivity index (χ0) is 25.5. The van der Waals surface area contributed by atoms with E-state index >= 15 is 0 Å². The van der Waals surface area contributed by atoms with Gasteiger partial charge < -0.3 is 9.47 Å². The van der Waals surface area contributed by atoms with Crippen molar-refractivity contribution in [1.29, 1.82) is 0 Å². The van der Waals surface area contributed by atoms with Crippen molar-refractivity contribution >= 4 is 16.9 Å². The number of halogens is 2. The molecule has 1 fully saturated rings. The van der Waals surface area contributed by atoms with Gasteiger partial charge in [0.25, 0.3) is 0 Å². The highest BCUT2D eigenvalue weighted by atomic mass is 19.1. The van der Waals surface area contributed by atoms with E-state index < -0.39 is 6.04 Å². The number of aromatic nitrogens is 1. The maximum absolute atomic E-state index is 14.7. The summed E-state index contributed by atoms with van der Waals surface area (Å²) < 4.78 is 38.1.